The van der Waals surface area contributed by atoms with Gasteiger partial charge in [-0.3, -0.25) is 14.4 Å². The van der Waals surface area contributed by atoms with E-state index in [1.807, 2.05) is 30.3 Å². The minimum absolute atomic E-state index is 0.000887. The number of amides is 2. The molecule has 3 aromatic carbocycles. The fraction of sp³-hybridized carbons (Fsp3) is 0.333. The topological polar surface area (TPSA) is 173 Å². The van der Waals surface area contributed by atoms with Gasteiger partial charge in [-0.25, -0.2) is 4.79 Å². The van der Waals surface area contributed by atoms with Crippen molar-refractivity contribution >= 4 is 51.3 Å². The third kappa shape index (κ3) is 4.12. The number of fused-ring (bicyclic) bond motifs is 4. The minimum atomic E-state index is -2.69. The molecule has 1 fully saturated rings. The van der Waals surface area contributed by atoms with Crippen LogP contribution in [-0.2, 0) is 20.8 Å². The van der Waals surface area contributed by atoms with Crippen LogP contribution in [0, 0.1) is 22.7 Å². The summed E-state index contributed by atoms with van der Waals surface area (Å²) in [5, 5.41) is 53.6. The number of phenols is 1. The van der Waals surface area contributed by atoms with E-state index < -0.39 is 74.5 Å². The molecule has 0 radical (unpaired) electrons. The smallest absolute Gasteiger partial charge is 0.323 e. The molecule has 1 saturated carbocycles. The number of allylic oxidation sites excluding steroid dienone is 1. The van der Waals surface area contributed by atoms with Gasteiger partial charge < -0.3 is 31.1 Å². The largest absolute Gasteiger partial charge is 0.508 e. The van der Waals surface area contributed by atoms with E-state index in [1.54, 1.807) is 45.9 Å². The van der Waals surface area contributed by atoms with E-state index >= 15 is 0 Å². The van der Waals surface area contributed by atoms with Gasteiger partial charge >= 0.3 is 6.03 Å². The first kappa shape index (κ1) is 31.0. The van der Waals surface area contributed by atoms with Crippen molar-refractivity contribution in [2.45, 2.75) is 53.1 Å². The quantitative estimate of drug-likeness (QED) is 0.152. The molecule has 3 aliphatic rings. The summed E-state index contributed by atoms with van der Waals surface area (Å²) < 4.78 is 0. The van der Waals surface area contributed by atoms with E-state index in [2.05, 4.69) is 10.6 Å². The molecule has 6 rings (SSSR count). The van der Waals surface area contributed by atoms with E-state index in [9.17, 15) is 39.6 Å². The molecule has 0 aromatic heterocycles. The Kier molecular flexibility index (Phi) is 6.94. The molecule has 0 bridgehead atoms. The number of benzene rings is 3. The maximum Gasteiger partial charge on any atom is 0.323 e. The minimum Gasteiger partial charge on any atom is -0.508 e. The molecule has 0 aliphatic heterocycles. The lowest BCUT2D eigenvalue weighted by Crippen LogP contribution is -2.69. The van der Waals surface area contributed by atoms with Crippen molar-refractivity contribution in [3.8, 4) is 5.75 Å². The van der Waals surface area contributed by atoms with Crippen molar-refractivity contribution in [1.82, 2.24) is 0 Å². The van der Waals surface area contributed by atoms with Crippen molar-refractivity contribution < 1.29 is 39.6 Å². The fourth-order valence-corrected chi connectivity index (χ4v) is 8.42. The number of aliphatic hydroxyl groups is 3. The number of hydrogen-bond acceptors (Lipinski definition) is 8. The molecular weight excluding hydrogens is 588 g/mol. The van der Waals surface area contributed by atoms with Crippen LogP contribution in [0.1, 0.15) is 52.2 Å². The van der Waals surface area contributed by atoms with Gasteiger partial charge in [0, 0.05) is 27.7 Å². The van der Waals surface area contributed by atoms with Crippen molar-refractivity contribution in [2.75, 3.05) is 10.6 Å². The van der Waals surface area contributed by atoms with Crippen LogP contribution in [-0.4, -0.2) is 49.4 Å². The number of ketones is 3. The Balaban J connectivity index is 1.43. The molecule has 0 saturated heterocycles. The molecule has 2 amide bonds. The molecule has 10 heteroatoms. The van der Waals surface area contributed by atoms with E-state index in [0.717, 1.165) is 17.7 Å². The Bertz CT molecular complexity index is 1950. The van der Waals surface area contributed by atoms with E-state index in [0.29, 0.717) is 11.3 Å². The van der Waals surface area contributed by atoms with Gasteiger partial charge in [0.15, 0.2) is 17.2 Å². The third-order valence-electron chi connectivity index (χ3n) is 10.2. The molecule has 238 valence electrons. The number of carbonyl (C=O) groups is 4. The number of Topliss-reactive ketones (excluding diaryl/α,β-unsaturated/α-hetero) is 3. The molecule has 4 atom stereocenters. The van der Waals surface area contributed by atoms with Crippen LogP contribution in [0.15, 0.2) is 71.5 Å². The maximum absolute atomic E-state index is 14.4. The summed E-state index contributed by atoms with van der Waals surface area (Å²) in [6.45, 7) is 7.88. The van der Waals surface area contributed by atoms with Gasteiger partial charge in [0.25, 0.3) is 0 Å². The number of anilines is 2. The zero-order valence-electron chi connectivity index (χ0n) is 26.2. The van der Waals surface area contributed by atoms with Gasteiger partial charge in [0.1, 0.15) is 22.8 Å². The second kappa shape index (κ2) is 10.3. The van der Waals surface area contributed by atoms with Crippen LogP contribution in [0.3, 0.4) is 0 Å². The first-order chi connectivity index (χ1) is 21.6. The Morgan fingerprint density at radius 2 is 1.57 bits per heavy atom. The average Bonchev–Trinajstić information content (AvgIpc) is 2.96. The molecule has 3 aliphatic carbocycles. The highest BCUT2D eigenvalue weighted by atomic mass is 16.3. The third-order valence-corrected chi connectivity index (χ3v) is 10.2. The summed E-state index contributed by atoms with van der Waals surface area (Å²) in [6.07, 6.45) is 0.136. The number of aliphatic hydroxyl groups excluding tert-OH is 2. The van der Waals surface area contributed by atoms with E-state index in [1.165, 1.54) is 6.07 Å². The molecule has 46 heavy (non-hydrogen) atoms. The van der Waals surface area contributed by atoms with Crippen molar-refractivity contribution in [2.24, 2.45) is 22.7 Å². The zero-order valence-corrected chi connectivity index (χ0v) is 26.2. The molecule has 1 unspecified atom stereocenters. The summed E-state index contributed by atoms with van der Waals surface area (Å²) in [5.74, 6) is -5.99. The van der Waals surface area contributed by atoms with Crippen molar-refractivity contribution in [3.63, 3.8) is 0 Å². The van der Waals surface area contributed by atoms with Crippen LogP contribution >= 0.6 is 0 Å². The van der Waals surface area contributed by atoms with E-state index in [4.69, 9.17) is 0 Å². The molecule has 6 N–H and O–H groups in total. The van der Waals surface area contributed by atoms with Crippen LogP contribution in [0.25, 0.3) is 16.5 Å². The number of urea groups is 1. The molecule has 0 spiro atoms. The second-order valence-electron chi connectivity index (χ2n) is 13.6. The van der Waals surface area contributed by atoms with Gasteiger partial charge in [-0.15, -0.1) is 0 Å². The van der Waals surface area contributed by atoms with Crippen LogP contribution < -0.4 is 10.6 Å². The van der Waals surface area contributed by atoms with Crippen molar-refractivity contribution in [1.29, 1.82) is 0 Å². The normalized spacial score (nSPS) is 27.3. The van der Waals surface area contributed by atoms with Gasteiger partial charge in [-0.2, -0.15) is 0 Å². The SMILES string of the molecule is CC(=O)C1=C(O)[C@]2(O)C(=O)C3=C(O)c4c(ccc(NC(=O)Nc5cccc6ccccc56)c4O)C[C@]3(C)C[C@]2(C)C(C(C)C)C1=O. The Labute approximate surface area is 265 Å². The highest BCUT2D eigenvalue weighted by Crippen LogP contribution is 2.65. The Morgan fingerprint density at radius 1 is 0.913 bits per heavy atom. The Morgan fingerprint density at radius 3 is 2.24 bits per heavy atom. The predicted molar refractivity (Wildman–Crippen MR) is 172 cm³/mol. The predicted octanol–water partition coefficient (Wildman–Crippen LogP) is 5.99. The lowest BCUT2D eigenvalue weighted by atomic mass is 9.43. The van der Waals surface area contributed by atoms with Gasteiger partial charge in [-0.05, 0) is 48.8 Å². The number of hydrogen-bond donors (Lipinski definition) is 6. The lowest BCUT2D eigenvalue weighted by Gasteiger charge is -2.59. The molecular formula is C36H36N2O8. The average molecular weight is 625 g/mol. The number of rotatable bonds is 4. The lowest BCUT2D eigenvalue weighted by molar-refractivity contribution is -0.178. The number of nitrogens with one attached hydrogen (secondary N) is 2. The number of phenolic OH excluding ortho intramolecular Hbond substituents is 1. The highest BCUT2D eigenvalue weighted by molar-refractivity contribution is 6.24. The van der Waals surface area contributed by atoms with E-state index in [-0.39, 0.29) is 29.7 Å². The monoisotopic (exact) mass is 624 g/mol. The summed E-state index contributed by atoms with van der Waals surface area (Å²) in [7, 11) is 0. The van der Waals surface area contributed by atoms with Crippen LogP contribution in [0.4, 0.5) is 16.2 Å². The highest BCUT2D eigenvalue weighted by Gasteiger charge is 2.72. The second-order valence-corrected chi connectivity index (χ2v) is 13.6. The number of carbonyl (C=O) groups excluding carboxylic acids is 4. The summed E-state index contributed by atoms with van der Waals surface area (Å²) in [6, 6.07) is 15.4. The zero-order chi connectivity index (χ0) is 33.5. The standard InChI is InChI=1S/C36H36N2O8/c1-17(2)26-29(41)24(18(3)39)31(43)36(46)32(44)27-30(42)25-20(15-34(27,4)16-35(26,36)5)13-14-23(28(25)40)38-33(45)37-22-12-8-10-19-9-6-7-11-21(19)22/h6-14,17,26,40,42-43,46H,15-16H2,1-5H3,(H2,37,38,45)/t26?,34-,35-,36+/m1/s1. The fourth-order valence-electron chi connectivity index (χ4n) is 8.42. The Hall–Kier alpha value is -4.96. The summed E-state index contributed by atoms with van der Waals surface area (Å²) >= 11 is 0. The molecule has 3 aromatic rings. The van der Waals surface area contributed by atoms with Crippen molar-refractivity contribution in [3.05, 3.63) is 82.6 Å². The first-order valence-corrected chi connectivity index (χ1v) is 15.2. The van der Waals surface area contributed by atoms with Crippen LogP contribution in [0.5, 0.6) is 5.75 Å². The molecule has 10 nitrogen and oxygen atoms in total. The molecule has 0 heterocycles. The number of aromatic hydroxyl groups is 1. The van der Waals surface area contributed by atoms with Gasteiger partial charge in [-0.1, -0.05) is 70.2 Å². The maximum atomic E-state index is 14.4. The van der Waals surface area contributed by atoms with Gasteiger partial charge in [0.05, 0.1) is 16.9 Å². The first-order valence-electron chi connectivity index (χ1n) is 15.2. The summed E-state index contributed by atoms with van der Waals surface area (Å²) in [4.78, 5) is 53.6. The van der Waals surface area contributed by atoms with Gasteiger partial charge in [0.2, 0.25) is 5.78 Å². The van der Waals surface area contributed by atoms with Crippen LogP contribution in [0.2, 0.25) is 0 Å². The summed E-state index contributed by atoms with van der Waals surface area (Å²) in [5.41, 5.74) is -5.32.